The van der Waals surface area contributed by atoms with Crippen molar-refractivity contribution in [2.45, 2.75) is 20.3 Å². The fraction of sp³-hybridized carbons (Fsp3) is 0.267. The second-order valence-corrected chi connectivity index (χ2v) is 4.33. The summed E-state index contributed by atoms with van der Waals surface area (Å²) in [5, 5.41) is 3.23. The molecule has 2 nitrogen and oxygen atoms in total. The number of rotatable bonds is 2. The van der Waals surface area contributed by atoms with E-state index in [1.807, 2.05) is 18.5 Å². The summed E-state index contributed by atoms with van der Waals surface area (Å²) in [6, 6.07) is 4.15. The van der Waals surface area contributed by atoms with Crippen molar-refractivity contribution >= 4 is 0 Å². The van der Waals surface area contributed by atoms with Gasteiger partial charge in [0.25, 0.3) is 0 Å². The summed E-state index contributed by atoms with van der Waals surface area (Å²) in [6.07, 6.45) is 11.4. The van der Waals surface area contributed by atoms with Crippen LogP contribution in [0.5, 0.6) is 0 Å². The SMILES string of the molecule is CC1=C/C(Cc2cccnc2C)=C\CNC=C1. The molecule has 1 aliphatic rings. The van der Waals surface area contributed by atoms with Crippen LogP contribution in [-0.4, -0.2) is 11.5 Å². The zero-order valence-corrected chi connectivity index (χ0v) is 10.4. The Morgan fingerprint density at radius 3 is 3.06 bits per heavy atom. The van der Waals surface area contributed by atoms with E-state index in [4.69, 9.17) is 0 Å². The maximum Gasteiger partial charge on any atom is 0.0407 e. The van der Waals surface area contributed by atoms with Gasteiger partial charge in [-0.2, -0.15) is 0 Å². The Balaban J connectivity index is 2.21. The van der Waals surface area contributed by atoms with Crippen LogP contribution in [0.3, 0.4) is 0 Å². The first kappa shape index (κ1) is 11.6. The van der Waals surface area contributed by atoms with E-state index in [0.717, 1.165) is 18.7 Å². The first-order valence-electron chi connectivity index (χ1n) is 5.93. The van der Waals surface area contributed by atoms with Gasteiger partial charge in [0.2, 0.25) is 0 Å². The van der Waals surface area contributed by atoms with Crippen molar-refractivity contribution in [1.29, 1.82) is 0 Å². The van der Waals surface area contributed by atoms with Crippen LogP contribution < -0.4 is 5.32 Å². The predicted molar refractivity (Wildman–Crippen MR) is 71.7 cm³/mol. The summed E-state index contributed by atoms with van der Waals surface area (Å²) in [7, 11) is 0. The highest BCUT2D eigenvalue weighted by atomic mass is 14.8. The lowest BCUT2D eigenvalue weighted by Gasteiger charge is -2.09. The molecule has 0 aliphatic carbocycles. The average molecular weight is 226 g/mol. The van der Waals surface area contributed by atoms with E-state index in [-0.39, 0.29) is 0 Å². The van der Waals surface area contributed by atoms with Gasteiger partial charge in [0, 0.05) is 18.4 Å². The van der Waals surface area contributed by atoms with E-state index in [9.17, 15) is 0 Å². The smallest absolute Gasteiger partial charge is 0.0407 e. The fourth-order valence-corrected chi connectivity index (χ4v) is 1.90. The number of aromatic nitrogens is 1. The third kappa shape index (κ3) is 3.31. The third-order valence-electron chi connectivity index (χ3n) is 2.87. The van der Waals surface area contributed by atoms with Crippen LogP contribution in [0.25, 0.3) is 0 Å². The number of nitrogens with zero attached hydrogens (tertiary/aromatic N) is 1. The molecule has 0 amide bonds. The molecule has 2 rings (SSSR count). The Labute approximate surface area is 103 Å². The average Bonchev–Trinajstić information content (AvgIpc) is 2.28. The monoisotopic (exact) mass is 226 g/mol. The van der Waals surface area contributed by atoms with Crippen molar-refractivity contribution in [3.05, 3.63) is 65.2 Å². The van der Waals surface area contributed by atoms with Gasteiger partial charge in [0.1, 0.15) is 0 Å². The summed E-state index contributed by atoms with van der Waals surface area (Å²) >= 11 is 0. The van der Waals surface area contributed by atoms with Crippen LogP contribution in [0.15, 0.2) is 53.9 Å². The van der Waals surface area contributed by atoms with Crippen LogP contribution >= 0.6 is 0 Å². The molecule has 0 fully saturated rings. The van der Waals surface area contributed by atoms with Gasteiger partial charge >= 0.3 is 0 Å². The van der Waals surface area contributed by atoms with Gasteiger partial charge in [0.05, 0.1) is 0 Å². The Morgan fingerprint density at radius 1 is 1.35 bits per heavy atom. The Bertz CT molecular complexity index is 481. The quantitative estimate of drug-likeness (QED) is 0.838. The summed E-state index contributed by atoms with van der Waals surface area (Å²) in [6.45, 7) is 5.07. The van der Waals surface area contributed by atoms with Gasteiger partial charge in [-0.25, -0.2) is 0 Å². The molecule has 88 valence electrons. The molecule has 1 N–H and O–H groups in total. The molecule has 0 saturated heterocycles. The summed E-state index contributed by atoms with van der Waals surface area (Å²) < 4.78 is 0. The molecule has 0 unspecified atom stereocenters. The lowest BCUT2D eigenvalue weighted by atomic mass is 10.0. The fourth-order valence-electron chi connectivity index (χ4n) is 1.90. The maximum absolute atomic E-state index is 4.33. The van der Waals surface area contributed by atoms with Crippen LogP contribution in [-0.2, 0) is 6.42 Å². The van der Waals surface area contributed by atoms with Crippen molar-refractivity contribution in [2.75, 3.05) is 6.54 Å². The highest BCUT2D eigenvalue weighted by molar-refractivity contribution is 5.35. The maximum atomic E-state index is 4.33. The number of nitrogens with one attached hydrogen (secondary N) is 1. The van der Waals surface area contributed by atoms with Gasteiger partial charge < -0.3 is 5.32 Å². The molecular formula is C15H18N2. The second-order valence-electron chi connectivity index (χ2n) is 4.33. The largest absolute Gasteiger partial charge is 0.387 e. The molecule has 0 aromatic carbocycles. The van der Waals surface area contributed by atoms with Crippen LogP contribution in [0.2, 0.25) is 0 Å². The molecule has 0 bridgehead atoms. The van der Waals surface area contributed by atoms with Gasteiger partial charge in [-0.05, 0) is 55.3 Å². The van der Waals surface area contributed by atoms with Gasteiger partial charge in [-0.3, -0.25) is 4.98 Å². The summed E-state index contributed by atoms with van der Waals surface area (Å²) in [5.74, 6) is 0. The molecule has 1 aromatic rings. The number of aryl methyl sites for hydroxylation is 1. The van der Waals surface area contributed by atoms with Crippen molar-refractivity contribution in [3.63, 3.8) is 0 Å². The predicted octanol–water partition coefficient (Wildman–Crippen LogP) is 2.92. The molecular weight excluding hydrogens is 208 g/mol. The topological polar surface area (TPSA) is 24.9 Å². The zero-order chi connectivity index (χ0) is 12.1. The van der Waals surface area contributed by atoms with Crippen molar-refractivity contribution in [2.24, 2.45) is 0 Å². The van der Waals surface area contributed by atoms with Gasteiger partial charge in [-0.1, -0.05) is 18.2 Å². The standard InChI is InChI=1S/C15H18N2/c1-12-5-8-16-9-6-14(10-12)11-15-4-3-7-17-13(15)2/h3-8,10,16H,9,11H2,1-2H3/b8-5?,12-10?,14-6+. The van der Waals surface area contributed by atoms with Crippen LogP contribution in [0, 0.1) is 6.92 Å². The number of hydrogen-bond acceptors (Lipinski definition) is 2. The molecule has 0 atom stereocenters. The molecule has 17 heavy (non-hydrogen) atoms. The van der Waals surface area contributed by atoms with Gasteiger partial charge in [0.15, 0.2) is 0 Å². The van der Waals surface area contributed by atoms with Gasteiger partial charge in [-0.15, -0.1) is 0 Å². The van der Waals surface area contributed by atoms with E-state index in [0.29, 0.717) is 0 Å². The first-order valence-corrected chi connectivity index (χ1v) is 5.93. The Kier molecular flexibility index (Phi) is 3.76. The molecule has 0 spiro atoms. The minimum atomic E-state index is 0.884. The second kappa shape index (κ2) is 5.48. The van der Waals surface area contributed by atoms with E-state index in [1.54, 1.807) is 0 Å². The minimum Gasteiger partial charge on any atom is -0.387 e. The van der Waals surface area contributed by atoms with Crippen molar-refractivity contribution < 1.29 is 0 Å². The zero-order valence-electron chi connectivity index (χ0n) is 10.4. The van der Waals surface area contributed by atoms with E-state index >= 15 is 0 Å². The lowest BCUT2D eigenvalue weighted by molar-refractivity contribution is 0.960. The molecule has 1 aliphatic heterocycles. The molecule has 0 saturated carbocycles. The van der Waals surface area contributed by atoms with Crippen LogP contribution in [0.1, 0.15) is 18.2 Å². The Morgan fingerprint density at radius 2 is 2.24 bits per heavy atom. The third-order valence-corrected chi connectivity index (χ3v) is 2.87. The van der Waals surface area contributed by atoms with E-state index < -0.39 is 0 Å². The number of pyridine rings is 1. The van der Waals surface area contributed by atoms with Crippen LogP contribution in [0.4, 0.5) is 0 Å². The highest BCUT2D eigenvalue weighted by Gasteiger charge is 2.02. The summed E-state index contributed by atoms with van der Waals surface area (Å²) in [4.78, 5) is 4.33. The number of allylic oxidation sites excluding steroid dienone is 4. The normalized spacial score (nSPS) is 18.5. The molecule has 0 radical (unpaired) electrons. The molecule has 2 heterocycles. The first-order chi connectivity index (χ1) is 8.25. The summed E-state index contributed by atoms with van der Waals surface area (Å²) in [5.41, 5.74) is 5.03. The Hall–Kier alpha value is -1.83. The van der Waals surface area contributed by atoms with Crippen molar-refractivity contribution in [3.8, 4) is 0 Å². The highest BCUT2D eigenvalue weighted by Crippen LogP contribution is 2.14. The minimum absolute atomic E-state index is 0.884. The molecule has 1 aromatic heterocycles. The van der Waals surface area contributed by atoms with E-state index in [2.05, 4.69) is 48.4 Å². The van der Waals surface area contributed by atoms with E-state index in [1.165, 1.54) is 16.7 Å². The number of hydrogen-bond donors (Lipinski definition) is 1. The van der Waals surface area contributed by atoms with Crippen molar-refractivity contribution in [1.82, 2.24) is 10.3 Å². The molecule has 2 heteroatoms. The lowest BCUT2D eigenvalue weighted by Crippen LogP contribution is -2.07.